The molecule has 3 N–H and O–H groups in total. The molecule has 0 aliphatic carbocycles. The number of nitrogens with one attached hydrogen (secondary N) is 3. The van der Waals surface area contributed by atoms with E-state index in [-0.39, 0.29) is 18.4 Å². The molecular weight excluding hydrogens is 372 g/mol. The average molecular weight is 405 g/mol. The summed E-state index contributed by atoms with van der Waals surface area (Å²) in [7, 11) is 0. The number of ether oxygens (including phenoxy) is 1. The number of hydrogen-bond acceptors (Lipinski definition) is 5. The number of rotatable bonds is 9. The summed E-state index contributed by atoms with van der Waals surface area (Å²) >= 11 is 0. The van der Waals surface area contributed by atoms with Gasteiger partial charge >= 0.3 is 6.09 Å². The van der Waals surface area contributed by atoms with Gasteiger partial charge in [-0.15, -0.1) is 0 Å². The molecule has 0 aliphatic heterocycles. The van der Waals surface area contributed by atoms with Crippen LogP contribution in [0.4, 0.5) is 4.79 Å². The minimum Gasteiger partial charge on any atom is -0.444 e. The van der Waals surface area contributed by atoms with Crippen molar-refractivity contribution in [2.24, 2.45) is 0 Å². The van der Waals surface area contributed by atoms with Gasteiger partial charge in [-0.2, -0.15) is 0 Å². The highest BCUT2D eigenvalue weighted by Crippen LogP contribution is 2.11. The smallest absolute Gasteiger partial charge is 0.407 e. The highest BCUT2D eigenvalue weighted by atomic mass is 16.6. The van der Waals surface area contributed by atoms with Crippen molar-refractivity contribution in [3.8, 4) is 0 Å². The summed E-state index contributed by atoms with van der Waals surface area (Å²) in [4.78, 5) is 39.5. The predicted molar refractivity (Wildman–Crippen MR) is 112 cm³/mol. The lowest BCUT2D eigenvalue weighted by Gasteiger charge is -2.26. The molecule has 0 bridgehead atoms. The van der Waals surface area contributed by atoms with Crippen molar-refractivity contribution in [3.05, 3.63) is 36.2 Å². The Balaban J connectivity index is 2.27. The third-order valence-electron chi connectivity index (χ3n) is 3.66. The first kappa shape index (κ1) is 24.1. The van der Waals surface area contributed by atoms with E-state index in [1.807, 2.05) is 19.9 Å². The lowest BCUT2D eigenvalue weighted by atomic mass is 9.98. The van der Waals surface area contributed by atoms with Gasteiger partial charge in [-0.05, 0) is 65.2 Å². The number of amides is 3. The Labute approximate surface area is 172 Å². The summed E-state index contributed by atoms with van der Waals surface area (Å²) in [6.07, 6.45) is 7.14. The first-order chi connectivity index (χ1) is 13.5. The lowest BCUT2D eigenvalue weighted by Crippen LogP contribution is -2.47. The van der Waals surface area contributed by atoms with Crippen LogP contribution in [0.2, 0.25) is 0 Å². The summed E-state index contributed by atoms with van der Waals surface area (Å²) < 4.78 is 5.17. The summed E-state index contributed by atoms with van der Waals surface area (Å²) in [5, 5.41) is 8.12. The van der Waals surface area contributed by atoms with Crippen molar-refractivity contribution in [1.29, 1.82) is 0 Å². The van der Waals surface area contributed by atoms with Crippen molar-refractivity contribution in [2.45, 2.75) is 58.6 Å². The van der Waals surface area contributed by atoms with Gasteiger partial charge in [0.05, 0.1) is 6.54 Å². The second-order valence-corrected chi connectivity index (χ2v) is 8.30. The van der Waals surface area contributed by atoms with Crippen LogP contribution in [-0.2, 0) is 14.3 Å². The molecule has 0 aromatic carbocycles. The van der Waals surface area contributed by atoms with Crippen LogP contribution in [0, 0.1) is 0 Å². The Morgan fingerprint density at radius 1 is 1.14 bits per heavy atom. The minimum absolute atomic E-state index is 0.115. The van der Waals surface area contributed by atoms with Gasteiger partial charge in [0.2, 0.25) is 11.8 Å². The predicted octanol–water partition coefficient (Wildman–Crippen LogP) is 2.41. The number of carbonyl (C=O) groups excluding carboxylic acids is 3. The molecule has 1 aromatic heterocycles. The zero-order valence-corrected chi connectivity index (χ0v) is 17.9. The highest BCUT2D eigenvalue weighted by Gasteiger charge is 2.20. The van der Waals surface area contributed by atoms with Crippen LogP contribution in [0.15, 0.2) is 30.6 Å². The Morgan fingerprint density at radius 2 is 1.86 bits per heavy atom. The third kappa shape index (κ3) is 12.2. The van der Waals surface area contributed by atoms with Gasteiger partial charge in [0.15, 0.2) is 0 Å². The molecule has 1 rings (SSSR count). The largest absolute Gasteiger partial charge is 0.444 e. The average Bonchev–Trinajstić information content (AvgIpc) is 2.61. The molecule has 0 unspecified atom stereocenters. The number of alkyl carbamates (subject to hydrolysis) is 1. The van der Waals surface area contributed by atoms with Crippen molar-refractivity contribution < 1.29 is 19.1 Å². The maximum Gasteiger partial charge on any atom is 0.407 e. The molecule has 0 aliphatic rings. The molecule has 0 saturated heterocycles. The van der Waals surface area contributed by atoms with E-state index in [9.17, 15) is 14.4 Å². The summed E-state index contributed by atoms with van der Waals surface area (Å²) in [5.41, 5.74) is -0.203. The van der Waals surface area contributed by atoms with Crippen LogP contribution in [-0.4, -0.2) is 47.1 Å². The molecular formula is C21H32N4O4. The second kappa shape index (κ2) is 11.2. The summed E-state index contributed by atoms with van der Waals surface area (Å²) in [6, 6.07) is 3.60. The van der Waals surface area contributed by atoms with Crippen molar-refractivity contribution >= 4 is 24.0 Å². The zero-order valence-electron chi connectivity index (χ0n) is 17.9. The number of aromatic nitrogens is 1. The van der Waals surface area contributed by atoms with Gasteiger partial charge in [-0.1, -0.05) is 6.07 Å². The van der Waals surface area contributed by atoms with Crippen LogP contribution in [0.3, 0.4) is 0 Å². The van der Waals surface area contributed by atoms with Gasteiger partial charge in [-0.3, -0.25) is 14.6 Å². The first-order valence-corrected chi connectivity index (χ1v) is 9.61. The van der Waals surface area contributed by atoms with Crippen molar-refractivity contribution in [2.75, 3.05) is 13.1 Å². The fourth-order valence-electron chi connectivity index (χ4n) is 2.39. The van der Waals surface area contributed by atoms with E-state index in [2.05, 4.69) is 20.9 Å². The Kier molecular flexibility index (Phi) is 9.31. The van der Waals surface area contributed by atoms with Gasteiger partial charge in [0.1, 0.15) is 5.60 Å². The fourth-order valence-corrected chi connectivity index (χ4v) is 2.39. The van der Waals surface area contributed by atoms with Crippen LogP contribution in [0.5, 0.6) is 0 Å². The minimum atomic E-state index is -0.533. The molecule has 1 heterocycles. The molecule has 160 valence electrons. The van der Waals surface area contributed by atoms with Gasteiger partial charge in [0, 0.05) is 30.6 Å². The molecule has 3 amide bonds. The van der Waals surface area contributed by atoms with Crippen LogP contribution >= 0.6 is 0 Å². The molecule has 29 heavy (non-hydrogen) atoms. The molecule has 8 nitrogen and oxygen atoms in total. The summed E-state index contributed by atoms with van der Waals surface area (Å²) in [6.45, 7) is 9.53. The van der Waals surface area contributed by atoms with E-state index >= 15 is 0 Å². The molecule has 8 heteroatoms. The SMILES string of the molecule is CC(C)(CCCNC(=O)OC(C)(C)C)NC(=O)CNC(=O)C=Cc1cccnc1. The first-order valence-electron chi connectivity index (χ1n) is 9.61. The number of nitrogens with zero attached hydrogens (tertiary/aromatic N) is 1. The van der Waals surface area contributed by atoms with E-state index in [0.717, 1.165) is 5.56 Å². The number of pyridine rings is 1. The molecule has 0 spiro atoms. The van der Waals surface area contributed by atoms with Crippen LogP contribution in [0.25, 0.3) is 6.08 Å². The number of carbonyl (C=O) groups is 3. The van der Waals surface area contributed by atoms with E-state index in [4.69, 9.17) is 4.74 Å². The van der Waals surface area contributed by atoms with E-state index in [1.165, 1.54) is 6.08 Å². The van der Waals surface area contributed by atoms with E-state index in [0.29, 0.717) is 19.4 Å². The molecule has 0 atom stereocenters. The van der Waals surface area contributed by atoms with Gasteiger partial charge in [-0.25, -0.2) is 4.79 Å². The van der Waals surface area contributed by atoms with Gasteiger partial charge < -0.3 is 20.7 Å². The normalized spacial score (nSPS) is 11.8. The Morgan fingerprint density at radius 3 is 2.48 bits per heavy atom. The van der Waals surface area contributed by atoms with Crippen molar-refractivity contribution in [1.82, 2.24) is 20.9 Å². The third-order valence-corrected chi connectivity index (χ3v) is 3.66. The fraction of sp³-hybridized carbons (Fsp3) is 0.524. The lowest BCUT2D eigenvalue weighted by molar-refractivity contribution is -0.125. The molecule has 1 aromatic rings. The maximum atomic E-state index is 12.1. The Bertz CT molecular complexity index is 709. The van der Waals surface area contributed by atoms with Crippen LogP contribution in [0.1, 0.15) is 53.0 Å². The van der Waals surface area contributed by atoms with Crippen LogP contribution < -0.4 is 16.0 Å². The van der Waals surface area contributed by atoms with E-state index < -0.39 is 17.2 Å². The number of hydrogen-bond donors (Lipinski definition) is 3. The Hall–Kier alpha value is -2.90. The quantitative estimate of drug-likeness (QED) is 0.432. The van der Waals surface area contributed by atoms with E-state index in [1.54, 1.807) is 45.3 Å². The molecule has 0 saturated carbocycles. The zero-order chi connectivity index (χ0) is 21.9. The molecule has 0 radical (unpaired) electrons. The maximum absolute atomic E-state index is 12.1. The summed E-state index contributed by atoms with van der Waals surface area (Å²) in [5.74, 6) is -0.637. The molecule has 0 fully saturated rings. The van der Waals surface area contributed by atoms with Crippen molar-refractivity contribution in [3.63, 3.8) is 0 Å². The highest BCUT2D eigenvalue weighted by molar-refractivity contribution is 5.94. The topological polar surface area (TPSA) is 109 Å². The monoisotopic (exact) mass is 404 g/mol. The standard InChI is InChI=1S/C21H32N4O4/c1-20(2,3)29-19(28)23-13-7-11-21(4,5)25-18(27)15-24-17(26)10-9-16-8-6-12-22-14-16/h6,8-10,12,14H,7,11,13,15H2,1-5H3,(H,23,28)(H,24,26)(H,25,27). The second-order valence-electron chi connectivity index (χ2n) is 8.30. The van der Waals surface area contributed by atoms with Gasteiger partial charge in [0.25, 0.3) is 0 Å².